The summed E-state index contributed by atoms with van der Waals surface area (Å²) in [5.41, 5.74) is 9.42. The van der Waals surface area contributed by atoms with Crippen molar-refractivity contribution in [3.05, 3.63) is 78.1 Å². The van der Waals surface area contributed by atoms with Crippen LogP contribution >= 0.6 is 0 Å². The Balaban J connectivity index is 1.36. The summed E-state index contributed by atoms with van der Waals surface area (Å²) in [6.45, 7) is 5.57. The van der Waals surface area contributed by atoms with E-state index in [0.717, 1.165) is 18.5 Å². The second kappa shape index (κ2) is 17.4. The molecule has 0 radical (unpaired) electrons. The van der Waals surface area contributed by atoms with Crippen LogP contribution in [0.3, 0.4) is 0 Å². The van der Waals surface area contributed by atoms with Crippen LogP contribution in [0.2, 0.25) is 0 Å². The van der Waals surface area contributed by atoms with Crippen LogP contribution in [0.1, 0.15) is 57.1 Å². The van der Waals surface area contributed by atoms with Crippen LogP contribution in [0.4, 0.5) is 17.1 Å². The van der Waals surface area contributed by atoms with E-state index in [9.17, 15) is 19.5 Å². The van der Waals surface area contributed by atoms with Gasteiger partial charge in [0, 0.05) is 62.0 Å². The molecule has 0 saturated heterocycles. The van der Waals surface area contributed by atoms with Gasteiger partial charge in [0.25, 0.3) is 0 Å². The lowest BCUT2D eigenvalue weighted by molar-refractivity contribution is -0.134. The molecule has 0 unspecified atom stereocenters. The summed E-state index contributed by atoms with van der Waals surface area (Å²) in [7, 11) is 2.04. The van der Waals surface area contributed by atoms with Gasteiger partial charge in [-0.1, -0.05) is 25.5 Å². The lowest BCUT2D eigenvalue weighted by Crippen LogP contribution is -2.47. The molecule has 2 aromatic carbocycles. The quantitative estimate of drug-likeness (QED) is 0.148. The number of aliphatic hydroxyl groups excluding tert-OH is 1. The van der Waals surface area contributed by atoms with Crippen LogP contribution in [0.25, 0.3) is 0 Å². The molecule has 0 saturated carbocycles. The van der Waals surface area contributed by atoms with Crippen molar-refractivity contribution in [3.63, 3.8) is 0 Å². The van der Waals surface area contributed by atoms with Crippen molar-refractivity contribution in [1.29, 1.82) is 0 Å². The predicted molar refractivity (Wildman–Crippen MR) is 184 cm³/mol. The number of rotatable bonds is 14. The number of nitrogen functional groups attached to an aromatic ring is 1. The van der Waals surface area contributed by atoms with E-state index in [-0.39, 0.29) is 48.8 Å². The Kier molecular flexibility index (Phi) is 13.1. The van der Waals surface area contributed by atoms with Gasteiger partial charge in [-0.3, -0.25) is 24.3 Å². The van der Waals surface area contributed by atoms with Gasteiger partial charge in [0.15, 0.2) is 0 Å². The highest BCUT2D eigenvalue weighted by molar-refractivity contribution is 5.94. The number of carbonyl (C=O) groups is 3. The summed E-state index contributed by atoms with van der Waals surface area (Å²) >= 11 is 0. The van der Waals surface area contributed by atoms with Gasteiger partial charge >= 0.3 is 0 Å². The molecule has 0 bridgehead atoms. The molecular weight excluding hydrogens is 596 g/mol. The van der Waals surface area contributed by atoms with Crippen molar-refractivity contribution in [3.8, 4) is 5.75 Å². The Hall–Kier alpha value is -4.48. The van der Waals surface area contributed by atoms with Gasteiger partial charge in [-0.05, 0) is 74.8 Å². The molecule has 3 atom stereocenters. The topological polar surface area (TPSA) is 150 Å². The normalized spacial score (nSPS) is 17.1. The number of anilines is 3. The Bertz CT molecular complexity index is 1490. The highest BCUT2D eigenvalue weighted by Crippen LogP contribution is 2.29. The lowest BCUT2D eigenvalue weighted by Gasteiger charge is -2.34. The number of aliphatic hydroxyl groups is 1. The zero-order valence-corrected chi connectivity index (χ0v) is 27.7. The molecule has 47 heavy (non-hydrogen) atoms. The fourth-order valence-electron chi connectivity index (χ4n) is 5.69. The van der Waals surface area contributed by atoms with Gasteiger partial charge in [-0.25, -0.2) is 0 Å². The number of carbonyl (C=O) groups excluding carboxylic acids is 3. The van der Waals surface area contributed by atoms with Crippen LogP contribution < -0.4 is 21.1 Å². The first-order valence-electron chi connectivity index (χ1n) is 16.3. The molecule has 3 aromatic rings. The van der Waals surface area contributed by atoms with Crippen molar-refractivity contribution >= 4 is 34.8 Å². The molecule has 2 heterocycles. The van der Waals surface area contributed by atoms with Gasteiger partial charge in [0.2, 0.25) is 17.7 Å². The molecule has 5 N–H and O–H groups in total. The highest BCUT2D eigenvalue weighted by Gasteiger charge is 2.31. The van der Waals surface area contributed by atoms with Gasteiger partial charge < -0.3 is 31.1 Å². The first kappa shape index (κ1) is 35.4. The summed E-state index contributed by atoms with van der Waals surface area (Å²) in [6, 6.07) is 16.2. The molecule has 11 nitrogen and oxygen atoms in total. The number of unbranched alkanes of at least 4 members (excludes halogenated alkanes) is 2. The molecule has 11 heteroatoms. The third-order valence-electron chi connectivity index (χ3n) is 8.44. The average Bonchev–Trinajstić information content (AvgIpc) is 3.09. The summed E-state index contributed by atoms with van der Waals surface area (Å²) < 4.78 is 6.61. The molecule has 0 fully saturated rings. The third kappa shape index (κ3) is 10.8. The van der Waals surface area contributed by atoms with E-state index < -0.39 is 0 Å². The average molecular weight is 645 g/mol. The largest absolute Gasteiger partial charge is 0.488 e. The molecule has 1 aromatic heterocycles. The Labute approximate surface area is 277 Å². The molecule has 1 aliphatic rings. The van der Waals surface area contributed by atoms with Crippen molar-refractivity contribution < 1.29 is 24.2 Å². The molecule has 1 aliphatic heterocycles. The van der Waals surface area contributed by atoms with Crippen molar-refractivity contribution in [2.45, 2.75) is 71.1 Å². The van der Waals surface area contributed by atoms with E-state index in [4.69, 9.17) is 10.5 Å². The number of nitrogens with zero attached hydrogens (tertiary/aromatic N) is 3. The lowest BCUT2D eigenvalue weighted by atomic mass is 10.0. The number of pyridine rings is 1. The number of amides is 3. The number of nitrogens with one attached hydrogen (secondary N) is 2. The van der Waals surface area contributed by atoms with Crippen LogP contribution in [-0.4, -0.2) is 76.5 Å². The molecule has 0 spiro atoms. The highest BCUT2D eigenvalue weighted by atomic mass is 16.5. The molecule has 0 aliphatic carbocycles. The predicted octanol–water partition coefficient (Wildman–Crippen LogP) is 4.47. The van der Waals surface area contributed by atoms with Crippen LogP contribution in [0.15, 0.2) is 67.0 Å². The van der Waals surface area contributed by atoms with Crippen LogP contribution in [-0.2, 0) is 27.3 Å². The van der Waals surface area contributed by atoms with Gasteiger partial charge in [0.1, 0.15) is 11.9 Å². The number of ether oxygens (including phenoxy) is 1. The summed E-state index contributed by atoms with van der Waals surface area (Å²) in [4.78, 5) is 46.6. The minimum Gasteiger partial charge on any atom is -0.488 e. The number of likely N-dealkylation sites (N-methyl/N-ethyl adjacent to an activating group) is 1. The minimum absolute atomic E-state index is 0.0132. The van der Waals surface area contributed by atoms with Crippen molar-refractivity contribution in [2.24, 2.45) is 5.92 Å². The van der Waals surface area contributed by atoms with Crippen LogP contribution in [0, 0.1) is 5.92 Å². The maximum atomic E-state index is 13.5. The monoisotopic (exact) mass is 644 g/mol. The zero-order valence-electron chi connectivity index (χ0n) is 27.7. The fraction of sp³-hybridized carbons (Fsp3) is 0.444. The smallest absolute Gasteiger partial charge is 0.227 e. The second-order valence-corrected chi connectivity index (χ2v) is 12.5. The SMILES string of the molecule is C[C@H]1CN([C@@H](C)CO)C(=O)Cc2cc(NC(=O)CCCCCC(=O)Nc3ccccc3N)ccc2O[C@H]1CN(C)Cc1ccncc1. The maximum Gasteiger partial charge on any atom is 0.227 e. The fourth-order valence-corrected chi connectivity index (χ4v) is 5.69. The number of hydrogen-bond acceptors (Lipinski definition) is 8. The zero-order chi connectivity index (χ0) is 33.8. The van der Waals surface area contributed by atoms with E-state index in [0.29, 0.717) is 67.1 Å². The third-order valence-corrected chi connectivity index (χ3v) is 8.44. The van der Waals surface area contributed by atoms with Crippen LogP contribution in [0.5, 0.6) is 5.75 Å². The van der Waals surface area contributed by atoms with Gasteiger partial charge in [-0.2, -0.15) is 0 Å². The molecule has 4 rings (SSSR count). The minimum atomic E-state index is -0.341. The maximum absolute atomic E-state index is 13.5. The number of hydrogen-bond donors (Lipinski definition) is 4. The summed E-state index contributed by atoms with van der Waals surface area (Å²) in [6.07, 6.45) is 6.10. The number of benzene rings is 2. The standard InChI is InChI=1S/C36H48N6O5/c1-25-21-42(26(2)24-43)36(46)20-28-19-29(13-14-32(28)47-33(25)23-41(3)22-27-15-17-38-18-16-27)39-34(44)11-5-4-6-12-35(45)40-31-10-8-7-9-30(31)37/h7-10,13-19,25-26,33,43H,4-6,11-12,20-24,37H2,1-3H3,(H,39,44)(H,40,45)/t25-,26-,33-/m0/s1. The van der Waals surface area contributed by atoms with E-state index in [2.05, 4.69) is 27.4 Å². The number of para-hydroxylation sites is 2. The Morgan fingerprint density at radius 3 is 2.47 bits per heavy atom. The Morgan fingerprint density at radius 1 is 1.06 bits per heavy atom. The Morgan fingerprint density at radius 2 is 1.77 bits per heavy atom. The van der Waals surface area contributed by atoms with E-state index >= 15 is 0 Å². The van der Waals surface area contributed by atoms with Crippen molar-refractivity contribution in [2.75, 3.05) is 43.1 Å². The second-order valence-electron chi connectivity index (χ2n) is 12.5. The number of nitrogens with two attached hydrogens (primary N) is 1. The van der Waals surface area contributed by atoms with Gasteiger partial charge in [-0.15, -0.1) is 0 Å². The molecule has 3 amide bonds. The summed E-state index contributed by atoms with van der Waals surface area (Å²) in [5, 5.41) is 15.7. The van der Waals surface area contributed by atoms with E-state index in [1.165, 1.54) is 0 Å². The number of aromatic nitrogens is 1. The molecule has 252 valence electrons. The van der Waals surface area contributed by atoms with E-state index in [1.807, 2.05) is 44.3 Å². The first-order valence-corrected chi connectivity index (χ1v) is 16.3. The first-order chi connectivity index (χ1) is 22.6. The molecular formula is C36H48N6O5. The van der Waals surface area contributed by atoms with E-state index in [1.54, 1.807) is 41.6 Å². The van der Waals surface area contributed by atoms with Crippen molar-refractivity contribution in [1.82, 2.24) is 14.8 Å². The van der Waals surface area contributed by atoms with Gasteiger partial charge in [0.05, 0.1) is 30.4 Å². The summed E-state index contributed by atoms with van der Waals surface area (Å²) in [5.74, 6) is 0.253. The number of fused-ring (bicyclic) bond motifs is 1.